The quantitative estimate of drug-likeness (QED) is 0.381. The lowest BCUT2D eigenvalue weighted by Gasteiger charge is -2.61. The molecular weight excluding hydrogens is 464 g/mol. The molecule has 0 spiro atoms. The molecule has 0 amide bonds. The molecule has 0 aromatic heterocycles. The largest absolute Gasteiger partial charge is 0.393 e. The Kier molecular flexibility index (Phi) is 10.3. The average Bonchev–Trinajstić information content (AvgIpc) is 3.13. The molecule has 0 radical (unpaired) electrons. The van der Waals surface area contributed by atoms with Crippen LogP contribution in [-0.4, -0.2) is 22.4 Å². The Hall–Kier alpha value is -0.0800. The van der Waals surface area contributed by atoms with Gasteiger partial charge in [0.2, 0.25) is 0 Å². The maximum absolute atomic E-state index is 10.3. The van der Waals surface area contributed by atoms with Gasteiger partial charge in [-0.05, 0) is 158 Å². The van der Waals surface area contributed by atoms with Gasteiger partial charge >= 0.3 is 0 Å². The van der Waals surface area contributed by atoms with Crippen LogP contribution in [0.5, 0.6) is 0 Å². The fourth-order valence-electron chi connectivity index (χ4n) is 10.2. The van der Waals surface area contributed by atoms with Crippen molar-refractivity contribution in [2.75, 3.05) is 0 Å². The van der Waals surface area contributed by atoms with E-state index in [1.807, 2.05) is 0 Å². The smallest absolute Gasteiger partial charge is 0.0605 e. The molecule has 10 atom stereocenters. The second-order valence-corrected chi connectivity index (χ2v) is 17.4. The van der Waals surface area contributed by atoms with Crippen LogP contribution in [0.15, 0.2) is 0 Å². The van der Waals surface area contributed by atoms with E-state index in [0.29, 0.717) is 10.8 Å². The van der Waals surface area contributed by atoms with Gasteiger partial charge in [0.25, 0.3) is 0 Å². The first-order chi connectivity index (χ1) is 17.4. The van der Waals surface area contributed by atoms with Crippen molar-refractivity contribution in [3.8, 4) is 0 Å². The molecule has 4 aliphatic carbocycles. The lowest BCUT2D eigenvalue weighted by atomic mass is 9.44. The maximum Gasteiger partial charge on any atom is 0.0605 e. The van der Waals surface area contributed by atoms with Crippen LogP contribution in [0, 0.1) is 58.2 Å². The fourth-order valence-corrected chi connectivity index (χ4v) is 10.2. The van der Waals surface area contributed by atoms with E-state index in [-0.39, 0.29) is 17.3 Å². The second kappa shape index (κ2) is 12.0. The van der Waals surface area contributed by atoms with Crippen molar-refractivity contribution in [1.29, 1.82) is 0 Å². The van der Waals surface area contributed by atoms with Crippen LogP contribution in [-0.2, 0) is 4.74 Å². The minimum absolute atomic E-state index is 0.0107. The molecule has 4 aliphatic rings. The molecule has 4 fully saturated rings. The normalized spacial score (nSPS) is 40.9. The van der Waals surface area contributed by atoms with Crippen molar-refractivity contribution in [2.45, 2.75) is 171 Å². The molecule has 0 saturated heterocycles. The molecule has 2 heteroatoms. The van der Waals surface area contributed by atoms with Crippen molar-refractivity contribution in [2.24, 2.45) is 58.2 Å². The van der Waals surface area contributed by atoms with Crippen LogP contribution in [0.1, 0.15) is 154 Å². The van der Waals surface area contributed by atoms with Crippen LogP contribution in [0.2, 0.25) is 0 Å². The Morgan fingerprint density at radius 1 is 0.737 bits per heavy atom. The molecule has 4 rings (SSSR count). The average molecular weight is 533 g/mol. The number of aliphatic hydroxyl groups is 1. The second-order valence-electron chi connectivity index (χ2n) is 17.4. The highest BCUT2D eigenvalue weighted by molar-refractivity contribution is 5.09. The minimum atomic E-state index is -0.0156. The summed E-state index contributed by atoms with van der Waals surface area (Å²) in [6.07, 6.45) is 15.1. The van der Waals surface area contributed by atoms with Crippen LogP contribution in [0.3, 0.4) is 0 Å². The highest BCUT2D eigenvalue weighted by atomic mass is 16.5. The van der Waals surface area contributed by atoms with Gasteiger partial charge in [-0.1, -0.05) is 54.4 Å². The van der Waals surface area contributed by atoms with E-state index < -0.39 is 0 Å². The summed E-state index contributed by atoms with van der Waals surface area (Å²) in [5.41, 5.74) is 1.11. The monoisotopic (exact) mass is 533 g/mol. The van der Waals surface area contributed by atoms with Gasteiger partial charge in [0.1, 0.15) is 0 Å². The molecular formula is C36H68O2. The summed E-state index contributed by atoms with van der Waals surface area (Å²) in [6.45, 7) is 27.6. The Balaban J connectivity index is 0.000000383. The van der Waals surface area contributed by atoms with E-state index in [9.17, 15) is 5.11 Å². The van der Waals surface area contributed by atoms with Crippen molar-refractivity contribution in [3.63, 3.8) is 0 Å². The number of rotatable bonds is 5. The number of aliphatic hydroxyl groups excluding tert-OH is 1. The van der Waals surface area contributed by atoms with E-state index in [0.717, 1.165) is 60.2 Å². The molecule has 2 nitrogen and oxygen atoms in total. The summed E-state index contributed by atoms with van der Waals surface area (Å²) in [5.74, 6) is 7.28. The summed E-state index contributed by atoms with van der Waals surface area (Å²) < 4.78 is 5.62. The van der Waals surface area contributed by atoms with Gasteiger partial charge in [-0.2, -0.15) is 0 Å². The molecule has 224 valence electrons. The van der Waals surface area contributed by atoms with Crippen molar-refractivity contribution < 1.29 is 9.84 Å². The summed E-state index contributed by atoms with van der Waals surface area (Å²) in [7, 11) is 0. The highest BCUT2D eigenvalue weighted by Crippen LogP contribution is 2.68. The van der Waals surface area contributed by atoms with Crippen molar-refractivity contribution in [1.82, 2.24) is 0 Å². The third-order valence-electron chi connectivity index (χ3n) is 12.2. The fraction of sp³-hybridized carbons (Fsp3) is 1.00. The Morgan fingerprint density at radius 2 is 1.32 bits per heavy atom. The molecule has 0 aromatic carbocycles. The van der Waals surface area contributed by atoms with Crippen LogP contribution in [0.25, 0.3) is 0 Å². The van der Waals surface area contributed by atoms with Gasteiger partial charge in [0.05, 0.1) is 17.3 Å². The predicted molar refractivity (Wildman–Crippen MR) is 164 cm³/mol. The number of hydrogen-bond donors (Lipinski definition) is 1. The Bertz CT molecular complexity index is 731. The first-order valence-electron chi connectivity index (χ1n) is 16.8. The lowest BCUT2D eigenvalue weighted by molar-refractivity contribution is -0.129. The van der Waals surface area contributed by atoms with Gasteiger partial charge in [0.15, 0.2) is 0 Å². The van der Waals surface area contributed by atoms with Gasteiger partial charge in [-0.15, -0.1) is 0 Å². The summed E-state index contributed by atoms with van der Waals surface area (Å²) in [5, 5.41) is 10.3. The molecule has 1 N–H and O–H groups in total. The SMILES string of the molecule is CC(C)(C)OC(C)(C)C.CC(C)[C@@H](C)CC[C@@H](C)[C@H]1CC[C@H]2[C@@H]3CC[C@H]4C[C@@H](O)CC[C@]4(C)[C@H]3CC[C@]12C. The van der Waals surface area contributed by atoms with Gasteiger partial charge in [0, 0.05) is 0 Å². The van der Waals surface area contributed by atoms with E-state index in [1.54, 1.807) is 0 Å². The van der Waals surface area contributed by atoms with Crippen LogP contribution >= 0.6 is 0 Å². The predicted octanol–water partition coefficient (Wildman–Crippen LogP) is 10.3. The Morgan fingerprint density at radius 3 is 1.87 bits per heavy atom. The van der Waals surface area contributed by atoms with Crippen molar-refractivity contribution in [3.05, 3.63) is 0 Å². The Labute approximate surface area is 238 Å². The molecule has 38 heavy (non-hydrogen) atoms. The maximum atomic E-state index is 10.3. The van der Waals surface area contributed by atoms with Gasteiger partial charge < -0.3 is 9.84 Å². The topological polar surface area (TPSA) is 29.5 Å². The first kappa shape index (κ1) is 32.4. The zero-order valence-electron chi connectivity index (χ0n) is 27.8. The van der Waals surface area contributed by atoms with E-state index in [1.165, 1.54) is 57.8 Å². The van der Waals surface area contributed by atoms with Gasteiger partial charge in [-0.3, -0.25) is 0 Å². The highest BCUT2D eigenvalue weighted by Gasteiger charge is 2.60. The summed E-state index contributed by atoms with van der Waals surface area (Å²) in [6, 6.07) is 0. The summed E-state index contributed by atoms with van der Waals surface area (Å²) in [4.78, 5) is 0. The van der Waals surface area contributed by atoms with Gasteiger partial charge in [-0.25, -0.2) is 0 Å². The zero-order chi connectivity index (χ0) is 28.7. The molecule has 0 bridgehead atoms. The molecule has 0 aliphatic heterocycles. The zero-order valence-corrected chi connectivity index (χ0v) is 27.8. The standard InChI is InChI=1S/C28H50O.C8H18O/c1-18(2)19(3)7-8-20(4)24-11-12-25-23-10-9-21-17-22(29)13-15-27(21,5)26(23)14-16-28(24,25)6;1-7(2,3)9-8(4,5)6/h18-26,29H,7-17H2,1-6H3;1-6H3/t19-,20+,21-,22-,23-,24+,25-,26-,27-,28+;/m0./s1. The van der Waals surface area contributed by atoms with E-state index in [2.05, 4.69) is 83.1 Å². The molecule has 4 saturated carbocycles. The molecule has 0 aromatic rings. The third kappa shape index (κ3) is 7.40. The van der Waals surface area contributed by atoms with E-state index >= 15 is 0 Å². The van der Waals surface area contributed by atoms with Crippen LogP contribution < -0.4 is 0 Å². The first-order valence-corrected chi connectivity index (χ1v) is 16.8. The number of ether oxygens (including phenoxy) is 1. The minimum Gasteiger partial charge on any atom is -0.393 e. The third-order valence-corrected chi connectivity index (χ3v) is 12.2. The summed E-state index contributed by atoms with van der Waals surface area (Å²) >= 11 is 0. The van der Waals surface area contributed by atoms with Crippen molar-refractivity contribution >= 4 is 0 Å². The van der Waals surface area contributed by atoms with Crippen LogP contribution in [0.4, 0.5) is 0 Å². The number of hydrogen-bond acceptors (Lipinski definition) is 2. The number of fused-ring (bicyclic) bond motifs is 5. The molecule has 0 heterocycles. The molecule has 0 unspecified atom stereocenters. The van der Waals surface area contributed by atoms with E-state index in [4.69, 9.17) is 4.74 Å². The lowest BCUT2D eigenvalue weighted by Crippen LogP contribution is -2.54.